The minimum absolute atomic E-state index is 0.0218. The van der Waals surface area contributed by atoms with Gasteiger partial charge in [0, 0.05) is 19.0 Å². The molecule has 0 atom stereocenters. The van der Waals surface area contributed by atoms with E-state index in [0.29, 0.717) is 5.82 Å². The molecule has 7 heteroatoms. The predicted octanol–water partition coefficient (Wildman–Crippen LogP) is 0.236. The Morgan fingerprint density at radius 2 is 2.25 bits per heavy atom. The lowest BCUT2D eigenvalue weighted by Gasteiger charge is -2.04. The van der Waals surface area contributed by atoms with E-state index in [2.05, 4.69) is 10.3 Å². The molecule has 2 N–H and O–H groups in total. The number of rotatable bonds is 5. The zero-order valence-electron chi connectivity index (χ0n) is 8.67. The van der Waals surface area contributed by atoms with Crippen molar-refractivity contribution in [3.63, 3.8) is 0 Å². The van der Waals surface area contributed by atoms with Gasteiger partial charge in [0.2, 0.25) is 0 Å². The first-order valence-corrected chi connectivity index (χ1v) is 6.55. The van der Waals surface area contributed by atoms with Gasteiger partial charge in [0.25, 0.3) is 0 Å². The number of carbonyl (C=O) groups is 1. The minimum Gasteiger partial charge on any atom is -0.478 e. The zero-order valence-corrected chi connectivity index (χ0v) is 9.49. The van der Waals surface area contributed by atoms with Crippen LogP contribution in [0.1, 0.15) is 10.4 Å². The van der Waals surface area contributed by atoms with E-state index in [4.69, 9.17) is 5.11 Å². The Hall–Kier alpha value is -1.63. The van der Waals surface area contributed by atoms with Crippen molar-refractivity contribution in [2.45, 2.75) is 0 Å². The average molecular weight is 244 g/mol. The van der Waals surface area contributed by atoms with Crippen molar-refractivity contribution in [2.75, 3.05) is 23.9 Å². The van der Waals surface area contributed by atoms with Crippen LogP contribution in [0.25, 0.3) is 0 Å². The highest BCUT2D eigenvalue weighted by atomic mass is 32.2. The lowest BCUT2D eigenvalue weighted by Crippen LogP contribution is -2.15. The van der Waals surface area contributed by atoms with Crippen molar-refractivity contribution in [1.82, 2.24) is 4.98 Å². The first-order valence-electron chi connectivity index (χ1n) is 4.49. The highest BCUT2D eigenvalue weighted by molar-refractivity contribution is 7.90. The Morgan fingerprint density at radius 3 is 2.81 bits per heavy atom. The first kappa shape index (κ1) is 12.4. The molecule has 0 unspecified atom stereocenters. The van der Waals surface area contributed by atoms with E-state index in [1.165, 1.54) is 18.3 Å². The van der Waals surface area contributed by atoms with Crippen LogP contribution in [-0.4, -0.2) is 43.0 Å². The van der Waals surface area contributed by atoms with Crippen LogP contribution >= 0.6 is 0 Å². The normalized spacial score (nSPS) is 11.1. The standard InChI is InChI=1S/C9H12N2O4S/c1-16(14,15)5-4-11-8-6-7(9(12)13)2-3-10-8/h2-3,6H,4-5H2,1H3,(H,10,11)(H,12,13). The molecule has 0 spiro atoms. The summed E-state index contributed by atoms with van der Waals surface area (Å²) in [5.41, 5.74) is 0.108. The molecule has 0 fully saturated rings. The van der Waals surface area contributed by atoms with Gasteiger partial charge in [-0.3, -0.25) is 0 Å². The van der Waals surface area contributed by atoms with Crippen LogP contribution in [0.3, 0.4) is 0 Å². The third-order valence-corrected chi connectivity index (χ3v) is 2.73. The van der Waals surface area contributed by atoms with Gasteiger partial charge in [0.1, 0.15) is 15.7 Å². The highest BCUT2D eigenvalue weighted by Crippen LogP contribution is 2.06. The molecule has 1 aromatic heterocycles. The predicted molar refractivity (Wildman–Crippen MR) is 59.4 cm³/mol. The van der Waals surface area contributed by atoms with Crippen LogP contribution in [0.4, 0.5) is 5.82 Å². The summed E-state index contributed by atoms with van der Waals surface area (Å²) in [6, 6.07) is 2.72. The molecule has 0 saturated carbocycles. The molecule has 6 nitrogen and oxygen atoms in total. The van der Waals surface area contributed by atoms with Crippen LogP contribution in [-0.2, 0) is 9.84 Å². The van der Waals surface area contributed by atoms with E-state index in [1.54, 1.807) is 0 Å². The topological polar surface area (TPSA) is 96.4 Å². The van der Waals surface area contributed by atoms with E-state index in [1.807, 2.05) is 0 Å². The smallest absolute Gasteiger partial charge is 0.335 e. The fourth-order valence-corrected chi connectivity index (χ4v) is 1.50. The quantitative estimate of drug-likeness (QED) is 0.770. The molecule has 0 bridgehead atoms. The molecule has 0 aromatic carbocycles. The molecule has 0 aliphatic carbocycles. The number of nitrogens with zero attached hydrogens (tertiary/aromatic N) is 1. The number of aromatic nitrogens is 1. The van der Waals surface area contributed by atoms with Gasteiger partial charge in [-0.15, -0.1) is 0 Å². The van der Waals surface area contributed by atoms with Crippen molar-refractivity contribution in [2.24, 2.45) is 0 Å². The van der Waals surface area contributed by atoms with Gasteiger partial charge in [-0.1, -0.05) is 0 Å². The Balaban J connectivity index is 2.61. The van der Waals surface area contributed by atoms with Crippen LogP contribution in [0.5, 0.6) is 0 Å². The van der Waals surface area contributed by atoms with Gasteiger partial charge in [-0.05, 0) is 12.1 Å². The molecular formula is C9H12N2O4S. The van der Waals surface area contributed by atoms with Crippen LogP contribution < -0.4 is 5.32 Å². The number of anilines is 1. The Kier molecular flexibility index (Phi) is 3.83. The van der Waals surface area contributed by atoms with Crippen molar-refractivity contribution in [3.8, 4) is 0 Å². The highest BCUT2D eigenvalue weighted by Gasteiger charge is 2.05. The lowest BCUT2D eigenvalue weighted by atomic mass is 10.2. The van der Waals surface area contributed by atoms with Crippen molar-refractivity contribution in [1.29, 1.82) is 0 Å². The second-order valence-corrected chi connectivity index (χ2v) is 5.55. The Labute approximate surface area is 93.2 Å². The van der Waals surface area contributed by atoms with E-state index < -0.39 is 15.8 Å². The summed E-state index contributed by atoms with van der Waals surface area (Å²) < 4.78 is 21.7. The summed E-state index contributed by atoms with van der Waals surface area (Å²) in [6.07, 6.45) is 2.49. The second-order valence-electron chi connectivity index (χ2n) is 3.29. The molecule has 0 amide bonds. The fourth-order valence-electron chi connectivity index (χ4n) is 1.02. The molecule has 0 saturated heterocycles. The van der Waals surface area contributed by atoms with E-state index in [9.17, 15) is 13.2 Å². The summed E-state index contributed by atoms with van der Waals surface area (Å²) in [7, 11) is -3.03. The van der Waals surface area contributed by atoms with E-state index in [0.717, 1.165) is 6.26 Å². The van der Waals surface area contributed by atoms with E-state index in [-0.39, 0.29) is 17.9 Å². The number of carboxylic acids is 1. The summed E-state index contributed by atoms with van der Waals surface area (Å²) in [5.74, 6) is -0.719. The van der Waals surface area contributed by atoms with Crippen LogP contribution in [0.2, 0.25) is 0 Å². The molecule has 16 heavy (non-hydrogen) atoms. The van der Waals surface area contributed by atoms with Crippen LogP contribution in [0, 0.1) is 0 Å². The fraction of sp³-hybridized carbons (Fsp3) is 0.333. The number of sulfone groups is 1. The SMILES string of the molecule is CS(=O)(=O)CCNc1cc(C(=O)O)ccn1. The second kappa shape index (κ2) is 4.93. The summed E-state index contributed by atoms with van der Waals surface area (Å²) in [6.45, 7) is 0.203. The number of hydrogen-bond acceptors (Lipinski definition) is 5. The van der Waals surface area contributed by atoms with E-state index >= 15 is 0 Å². The largest absolute Gasteiger partial charge is 0.478 e. The minimum atomic E-state index is -3.03. The average Bonchev–Trinajstić information content (AvgIpc) is 2.16. The maximum Gasteiger partial charge on any atom is 0.335 e. The molecular weight excluding hydrogens is 232 g/mol. The molecule has 88 valence electrons. The summed E-state index contributed by atoms with van der Waals surface area (Å²) in [5, 5.41) is 11.5. The van der Waals surface area contributed by atoms with Crippen LogP contribution in [0.15, 0.2) is 18.3 Å². The molecule has 0 aliphatic heterocycles. The zero-order chi connectivity index (χ0) is 12.2. The number of pyridine rings is 1. The molecule has 1 aromatic rings. The maximum absolute atomic E-state index is 10.8. The number of carboxylic acid groups (broad SMARTS) is 1. The van der Waals surface area contributed by atoms with Crippen molar-refractivity contribution < 1.29 is 18.3 Å². The number of hydrogen-bond donors (Lipinski definition) is 2. The number of nitrogens with one attached hydrogen (secondary N) is 1. The maximum atomic E-state index is 10.8. The molecule has 0 radical (unpaired) electrons. The van der Waals surface area contributed by atoms with Gasteiger partial charge < -0.3 is 10.4 Å². The van der Waals surface area contributed by atoms with Crippen molar-refractivity contribution in [3.05, 3.63) is 23.9 Å². The number of aromatic carboxylic acids is 1. The monoisotopic (exact) mass is 244 g/mol. The third kappa shape index (κ3) is 4.26. The van der Waals surface area contributed by atoms with Gasteiger partial charge >= 0.3 is 5.97 Å². The first-order chi connectivity index (χ1) is 7.38. The third-order valence-electron chi connectivity index (χ3n) is 1.79. The van der Waals surface area contributed by atoms with Gasteiger partial charge in [-0.25, -0.2) is 18.2 Å². The van der Waals surface area contributed by atoms with Gasteiger partial charge in [0.05, 0.1) is 11.3 Å². The van der Waals surface area contributed by atoms with Crippen molar-refractivity contribution >= 4 is 21.6 Å². The van der Waals surface area contributed by atoms with Gasteiger partial charge in [0.15, 0.2) is 0 Å². The molecule has 0 aliphatic rings. The summed E-state index contributed by atoms with van der Waals surface area (Å²) in [4.78, 5) is 14.5. The Morgan fingerprint density at radius 1 is 1.56 bits per heavy atom. The lowest BCUT2D eigenvalue weighted by molar-refractivity contribution is 0.0697. The molecule has 1 rings (SSSR count). The molecule has 1 heterocycles. The summed E-state index contributed by atoms with van der Waals surface area (Å²) >= 11 is 0. The Bertz CT molecular complexity index is 484. The van der Waals surface area contributed by atoms with Gasteiger partial charge in [-0.2, -0.15) is 0 Å².